The Bertz CT molecular complexity index is 1290. The van der Waals surface area contributed by atoms with Crippen molar-refractivity contribution in [3.63, 3.8) is 0 Å². The van der Waals surface area contributed by atoms with Crippen LogP contribution >= 0.6 is 23.1 Å². The van der Waals surface area contributed by atoms with Gasteiger partial charge in [0.25, 0.3) is 5.56 Å². The summed E-state index contributed by atoms with van der Waals surface area (Å²) in [5.41, 5.74) is 7.56. The Balaban J connectivity index is 1.40. The molecule has 0 saturated carbocycles. The van der Waals surface area contributed by atoms with Crippen molar-refractivity contribution in [2.45, 2.75) is 56.4 Å². The largest absolute Gasteiger partial charge is 0.301 e. The molecular weight excluding hydrogens is 420 g/mol. The normalized spacial score (nSPS) is 13.6. The average Bonchev–Trinajstić information content (AvgIpc) is 3.22. The summed E-state index contributed by atoms with van der Waals surface area (Å²) in [7, 11) is 0. The highest BCUT2D eigenvalue weighted by atomic mass is 32.2. The number of aryl methyl sites for hydroxylation is 2. The Morgan fingerprint density at radius 2 is 1.84 bits per heavy atom. The lowest BCUT2D eigenvalue weighted by Crippen LogP contribution is -2.09. The standard InChI is InChI=1S/C26H26N2OS2/c1-16(2)18-9-7-17(8-10-18)14-31-26-27-24(29)23-22(15-30-25(23)28-26)21-12-11-19-5-3-4-6-20(19)13-21/h7-13,15-16H,3-6,14H2,1-2H3,(H,27,28,29). The van der Waals surface area contributed by atoms with Crippen LogP contribution in [0.3, 0.4) is 0 Å². The number of thioether (sulfide) groups is 1. The van der Waals surface area contributed by atoms with Crippen molar-refractivity contribution in [3.8, 4) is 11.1 Å². The summed E-state index contributed by atoms with van der Waals surface area (Å²) in [4.78, 5) is 21.6. The smallest absolute Gasteiger partial charge is 0.260 e. The molecule has 2 aromatic heterocycles. The maximum Gasteiger partial charge on any atom is 0.260 e. The first-order valence-corrected chi connectivity index (χ1v) is 12.8. The Morgan fingerprint density at radius 1 is 1.06 bits per heavy atom. The van der Waals surface area contributed by atoms with Gasteiger partial charge in [-0.2, -0.15) is 0 Å². The number of aromatic nitrogens is 2. The molecule has 0 radical (unpaired) electrons. The van der Waals surface area contributed by atoms with Crippen molar-refractivity contribution >= 4 is 33.3 Å². The number of H-pyrrole nitrogens is 1. The van der Waals surface area contributed by atoms with E-state index < -0.39 is 0 Å². The maximum absolute atomic E-state index is 13.0. The molecule has 5 heteroatoms. The number of nitrogens with one attached hydrogen (secondary N) is 1. The monoisotopic (exact) mass is 446 g/mol. The minimum atomic E-state index is -0.0448. The molecular formula is C26H26N2OS2. The molecule has 0 bridgehead atoms. The minimum Gasteiger partial charge on any atom is -0.301 e. The van der Waals surface area contributed by atoms with E-state index in [9.17, 15) is 4.79 Å². The zero-order chi connectivity index (χ0) is 21.4. The summed E-state index contributed by atoms with van der Waals surface area (Å²) in [6.45, 7) is 4.40. The molecule has 158 valence electrons. The molecule has 1 aliphatic carbocycles. The number of thiophene rings is 1. The summed E-state index contributed by atoms with van der Waals surface area (Å²) in [6.07, 6.45) is 4.84. The van der Waals surface area contributed by atoms with Crippen LogP contribution in [0.15, 0.2) is 57.8 Å². The van der Waals surface area contributed by atoms with E-state index >= 15 is 0 Å². The zero-order valence-electron chi connectivity index (χ0n) is 17.9. The van der Waals surface area contributed by atoms with Crippen LogP contribution in [-0.2, 0) is 18.6 Å². The summed E-state index contributed by atoms with van der Waals surface area (Å²) < 4.78 is 0. The van der Waals surface area contributed by atoms with Gasteiger partial charge in [-0.25, -0.2) is 4.98 Å². The lowest BCUT2D eigenvalue weighted by Gasteiger charge is -2.16. The van der Waals surface area contributed by atoms with Crippen LogP contribution in [0, 0.1) is 0 Å². The molecule has 0 amide bonds. The van der Waals surface area contributed by atoms with Crippen molar-refractivity contribution in [3.05, 3.63) is 80.5 Å². The van der Waals surface area contributed by atoms with Crippen molar-refractivity contribution in [1.29, 1.82) is 0 Å². The first-order chi connectivity index (χ1) is 15.1. The molecule has 0 fully saturated rings. The molecule has 3 nitrogen and oxygen atoms in total. The van der Waals surface area contributed by atoms with Crippen LogP contribution < -0.4 is 5.56 Å². The van der Waals surface area contributed by atoms with Crippen molar-refractivity contribution in [1.82, 2.24) is 9.97 Å². The van der Waals surface area contributed by atoms with E-state index in [0.717, 1.165) is 28.1 Å². The fourth-order valence-corrected chi connectivity index (χ4v) is 6.08. The molecule has 5 rings (SSSR count). The van der Waals surface area contributed by atoms with Crippen LogP contribution in [0.25, 0.3) is 21.3 Å². The number of aromatic amines is 1. The summed E-state index contributed by atoms with van der Waals surface area (Å²) in [6, 6.07) is 15.4. The lowest BCUT2D eigenvalue weighted by molar-refractivity contribution is 0.686. The molecule has 1 aliphatic rings. The second kappa shape index (κ2) is 8.64. The quantitative estimate of drug-likeness (QED) is 0.267. The van der Waals surface area contributed by atoms with E-state index in [1.54, 1.807) is 23.1 Å². The van der Waals surface area contributed by atoms with Gasteiger partial charge >= 0.3 is 0 Å². The third kappa shape index (κ3) is 4.21. The predicted octanol–water partition coefficient (Wildman–Crippen LogP) is 6.95. The number of hydrogen-bond donors (Lipinski definition) is 1. The predicted molar refractivity (Wildman–Crippen MR) is 132 cm³/mol. The molecule has 0 spiro atoms. The van der Waals surface area contributed by atoms with Gasteiger partial charge in [-0.15, -0.1) is 11.3 Å². The van der Waals surface area contributed by atoms with Gasteiger partial charge in [0.2, 0.25) is 0 Å². The number of nitrogens with zero attached hydrogens (tertiary/aromatic N) is 1. The highest BCUT2D eigenvalue weighted by molar-refractivity contribution is 7.98. The summed E-state index contributed by atoms with van der Waals surface area (Å²) in [5, 5.41) is 3.48. The van der Waals surface area contributed by atoms with Crippen LogP contribution in [0.5, 0.6) is 0 Å². The van der Waals surface area contributed by atoms with E-state index in [1.807, 2.05) is 0 Å². The molecule has 0 saturated heterocycles. The number of benzene rings is 2. The van der Waals surface area contributed by atoms with Gasteiger partial charge in [-0.05, 0) is 59.4 Å². The van der Waals surface area contributed by atoms with Crippen LogP contribution in [0.4, 0.5) is 0 Å². The Hall–Kier alpha value is -2.37. The zero-order valence-corrected chi connectivity index (χ0v) is 19.5. The first kappa shape index (κ1) is 20.5. The van der Waals surface area contributed by atoms with Crippen molar-refractivity contribution < 1.29 is 0 Å². The second-order valence-corrected chi connectivity index (χ2v) is 10.4. The molecule has 0 atom stereocenters. The molecule has 2 aromatic carbocycles. The number of fused-ring (bicyclic) bond motifs is 2. The molecule has 31 heavy (non-hydrogen) atoms. The van der Waals surface area contributed by atoms with Gasteiger partial charge < -0.3 is 4.98 Å². The fourth-order valence-electron chi connectivity index (χ4n) is 4.26. The third-order valence-electron chi connectivity index (χ3n) is 6.10. The van der Waals surface area contributed by atoms with Crippen molar-refractivity contribution in [2.24, 2.45) is 0 Å². The van der Waals surface area contributed by atoms with Gasteiger partial charge in [0.1, 0.15) is 4.83 Å². The first-order valence-electron chi connectivity index (χ1n) is 10.9. The van der Waals surface area contributed by atoms with Crippen LogP contribution in [-0.4, -0.2) is 9.97 Å². The van der Waals surface area contributed by atoms with E-state index in [-0.39, 0.29) is 5.56 Å². The van der Waals surface area contributed by atoms with Gasteiger partial charge in [0.05, 0.1) is 5.39 Å². The topological polar surface area (TPSA) is 45.8 Å². The molecule has 0 aliphatic heterocycles. The van der Waals surface area contributed by atoms with E-state index in [4.69, 9.17) is 4.98 Å². The summed E-state index contributed by atoms with van der Waals surface area (Å²) >= 11 is 3.14. The minimum absolute atomic E-state index is 0.0448. The highest BCUT2D eigenvalue weighted by Gasteiger charge is 2.16. The van der Waals surface area contributed by atoms with Gasteiger partial charge in [-0.3, -0.25) is 4.79 Å². The lowest BCUT2D eigenvalue weighted by atomic mass is 9.89. The number of hydrogen-bond acceptors (Lipinski definition) is 4. The second-order valence-electron chi connectivity index (χ2n) is 8.58. The number of rotatable bonds is 5. The third-order valence-corrected chi connectivity index (χ3v) is 7.92. The molecule has 2 heterocycles. The average molecular weight is 447 g/mol. The Labute approximate surface area is 191 Å². The SMILES string of the molecule is CC(C)c1ccc(CSc2nc3scc(-c4ccc5c(c4)CCCC5)c3c(=O)[nH]2)cc1. The van der Waals surface area contributed by atoms with Crippen molar-refractivity contribution in [2.75, 3.05) is 0 Å². The molecule has 1 N–H and O–H groups in total. The Morgan fingerprint density at radius 3 is 2.61 bits per heavy atom. The highest BCUT2D eigenvalue weighted by Crippen LogP contribution is 2.34. The van der Waals surface area contributed by atoms with Gasteiger partial charge in [0.15, 0.2) is 5.16 Å². The fraction of sp³-hybridized carbons (Fsp3) is 0.308. The van der Waals surface area contributed by atoms with Gasteiger partial charge in [-0.1, -0.05) is 68.1 Å². The molecule has 0 unspecified atom stereocenters. The Kier molecular flexibility index (Phi) is 5.72. The van der Waals surface area contributed by atoms with Gasteiger partial charge in [0, 0.05) is 16.7 Å². The van der Waals surface area contributed by atoms with Crippen LogP contribution in [0.2, 0.25) is 0 Å². The maximum atomic E-state index is 13.0. The van der Waals surface area contributed by atoms with Crippen LogP contribution in [0.1, 0.15) is 54.9 Å². The summed E-state index contributed by atoms with van der Waals surface area (Å²) in [5.74, 6) is 1.32. The molecule has 4 aromatic rings. The van der Waals surface area contributed by atoms with E-state index in [0.29, 0.717) is 16.5 Å². The van der Waals surface area contributed by atoms with E-state index in [1.165, 1.54) is 41.5 Å². The van der Waals surface area contributed by atoms with E-state index in [2.05, 4.69) is 66.7 Å².